The van der Waals surface area contributed by atoms with E-state index in [-0.39, 0.29) is 0 Å². The van der Waals surface area contributed by atoms with E-state index in [1.165, 1.54) is 5.56 Å². The minimum absolute atomic E-state index is 0.332. The van der Waals surface area contributed by atoms with E-state index in [0.717, 1.165) is 29.0 Å². The van der Waals surface area contributed by atoms with Crippen LogP contribution >= 0.6 is 0 Å². The van der Waals surface area contributed by atoms with Gasteiger partial charge in [0.15, 0.2) is 11.5 Å². The number of benzene rings is 2. The van der Waals surface area contributed by atoms with Crippen molar-refractivity contribution in [3.05, 3.63) is 59.2 Å². The molecule has 0 aromatic heterocycles. The Hall–Kier alpha value is -2.29. The molecule has 1 aliphatic heterocycles. The van der Waals surface area contributed by atoms with Gasteiger partial charge in [-0.2, -0.15) is 0 Å². The largest absolute Gasteiger partial charge is 0.493 e. The van der Waals surface area contributed by atoms with Gasteiger partial charge in [-0.3, -0.25) is 4.99 Å². The van der Waals surface area contributed by atoms with Gasteiger partial charge in [0.25, 0.3) is 0 Å². The lowest BCUT2D eigenvalue weighted by atomic mass is 9.98. The molecular weight excluding hydrogens is 262 g/mol. The van der Waals surface area contributed by atoms with E-state index in [4.69, 9.17) is 9.47 Å². The van der Waals surface area contributed by atoms with Crippen molar-refractivity contribution >= 4 is 6.21 Å². The van der Waals surface area contributed by atoms with Gasteiger partial charge >= 0.3 is 0 Å². The van der Waals surface area contributed by atoms with E-state index in [2.05, 4.69) is 18.0 Å². The second kappa shape index (κ2) is 6.00. The maximum Gasteiger partial charge on any atom is 0.162 e. The van der Waals surface area contributed by atoms with Gasteiger partial charge in [0.2, 0.25) is 0 Å². The molecule has 3 heteroatoms. The summed E-state index contributed by atoms with van der Waals surface area (Å²) in [5, 5.41) is 0. The summed E-state index contributed by atoms with van der Waals surface area (Å²) in [7, 11) is 1.68. The first kappa shape index (κ1) is 13.7. The van der Waals surface area contributed by atoms with Gasteiger partial charge in [-0.1, -0.05) is 30.3 Å². The molecule has 21 heavy (non-hydrogen) atoms. The quantitative estimate of drug-likeness (QED) is 0.856. The lowest BCUT2D eigenvalue weighted by Crippen LogP contribution is -2.12. The van der Waals surface area contributed by atoms with Gasteiger partial charge < -0.3 is 9.47 Å². The van der Waals surface area contributed by atoms with Crippen LogP contribution in [0.5, 0.6) is 11.5 Å². The number of ether oxygens (including phenoxy) is 2. The minimum Gasteiger partial charge on any atom is -0.493 e. The van der Waals surface area contributed by atoms with Gasteiger partial charge in [0.1, 0.15) is 6.61 Å². The second-order valence-electron chi connectivity index (χ2n) is 5.31. The molecule has 2 aromatic carbocycles. The number of nitrogens with zero attached hydrogens (tertiary/aromatic N) is 1. The summed E-state index contributed by atoms with van der Waals surface area (Å²) >= 11 is 0. The Morgan fingerprint density at radius 2 is 1.95 bits per heavy atom. The van der Waals surface area contributed by atoms with E-state index in [0.29, 0.717) is 12.6 Å². The Bertz CT molecular complexity index is 650. The molecule has 0 fully saturated rings. The summed E-state index contributed by atoms with van der Waals surface area (Å²) in [6.45, 7) is 2.65. The average Bonchev–Trinajstić information content (AvgIpc) is 2.53. The zero-order chi connectivity index (χ0) is 14.7. The Kier molecular flexibility index (Phi) is 3.91. The van der Waals surface area contributed by atoms with Gasteiger partial charge in [-0.25, -0.2) is 0 Å². The van der Waals surface area contributed by atoms with Gasteiger partial charge in [0.05, 0.1) is 13.2 Å². The van der Waals surface area contributed by atoms with Crippen LogP contribution in [-0.4, -0.2) is 19.4 Å². The van der Waals surface area contributed by atoms with Gasteiger partial charge in [0, 0.05) is 6.21 Å². The van der Waals surface area contributed by atoms with Crippen molar-refractivity contribution < 1.29 is 9.47 Å². The molecule has 0 amide bonds. The van der Waals surface area contributed by atoms with Gasteiger partial charge in [-0.05, 0) is 42.2 Å². The van der Waals surface area contributed by atoms with Crippen molar-refractivity contribution in [3.63, 3.8) is 0 Å². The predicted octanol–water partition coefficient (Wildman–Crippen LogP) is 3.64. The van der Waals surface area contributed by atoms with Crippen LogP contribution in [0.1, 0.15) is 23.6 Å². The fourth-order valence-electron chi connectivity index (χ4n) is 2.50. The molecule has 0 N–H and O–H groups in total. The summed E-state index contributed by atoms with van der Waals surface area (Å²) in [4.78, 5) is 4.46. The first-order chi connectivity index (χ1) is 10.3. The highest BCUT2D eigenvalue weighted by atomic mass is 16.5. The molecule has 1 unspecified atom stereocenters. The first-order valence-corrected chi connectivity index (χ1v) is 7.17. The lowest BCUT2D eigenvalue weighted by Gasteiger charge is -2.19. The molecule has 0 bridgehead atoms. The third-order valence-electron chi connectivity index (χ3n) is 3.65. The fraction of sp³-hybridized carbons (Fsp3) is 0.278. The SMILES string of the molecule is COc1cc2c(cc1OCc1ccccc1)C=NC(C)C2. The van der Waals surface area contributed by atoms with Crippen molar-refractivity contribution in [3.8, 4) is 11.5 Å². The number of hydrogen-bond donors (Lipinski definition) is 0. The molecule has 3 rings (SSSR count). The molecule has 108 valence electrons. The maximum atomic E-state index is 5.92. The van der Waals surface area contributed by atoms with Crippen LogP contribution < -0.4 is 9.47 Å². The lowest BCUT2D eigenvalue weighted by molar-refractivity contribution is 0.284. The molecule has 2 aromatic rings. The van der Waals surface area contributed by atoms with E-state index < -0.39 is 0 Å². The standard InChI is InChI=1S/C18H19NO2/c1-13-8-15-9-17(20-2)18(10-16(15)11-19-13)21-12-14-6-4-3-5-7-14/h3-7,9-11,13H,8,12H2,1-2H3. The molecule has 1 aliphatic rings. The maximum absolute atomic E-state index is 5.92. The molecule has 3 nitrogen and oxygen atoms in total. The monoisotopic (exact) mass is 281 g/mol. The fourth-order valence-corrected chi connectivity index (χ4v) is 2.50. The minimum atomic E-state index is 0.332. The first-order valence-electron chi connectivity index (χ1n) is 7.17. The van der Waals surface area contributed by atoms with Crippen molar-refractivity contribution in [1.82, 2.24) is 0 Å². The molecule has 1 atom stereocenters. The number of aliphatic imine (C=N–C) groups is 1. The molecule has 0 aliphatic carbocycles. The third-order valence-corrected chi connectivity index (χ3v) is 3.65. The normalized spacial score (nSPS) is 16.4. The molecule has 0 spiro atoms. The number of rotatable bonds is 4. The summed E-state index contributed by atoms with van der Waals surface area (Å²) in [5.74, 6) is 1.55. The highest BCUT2D eigenvalue weighted by molar-refractivity contribution is 5.84. The second-order valence-corrected chi connectivity index (χ2v) is 5.31. The number of fused-ring (bicyclic) bond motifs is 1. The summed E-state index contributed by atoms with van der Waals surface area (Å²) in [5.41, 5.74) is 3.53. The molecule has 0 saturated heterocycles. The molecule has 0 radical (unpaired) electrons. The van der Waals surface area contributed by atoms with Crippen LogP contribution in [0.3, 0.4) is 0 Å². The molecule has 1 heterocycles. The van der Waals surface area contributed by atoms with Crippen molar-refractivity contribution in [1.29, 1.82) is 0 Å². The van der Waals surface area contributed by atoms with Crippen LogP contribution in [0.2, 0.25) is 0 Å². The van der Waals surface area contributed by atoms with Crippen molar-refractivity contribution in [2.24, 2.45) is 4.99 Å². The van der Waals surface area contributed by atoms with E-state index in [1.54, 1.807) is 7.11 Å². The summed E-state index contributed by atoms with van der Waals surface area (Å²) in [6, 6.07) is 14.5. The zero-order valence-electron chi connectivity index (χ0n) is 12.4. The molecular formula is C18H19NO2. The summed E-state index contributed by atoms with van der Waals surface area (Å²) in [6.07, 6.45) is 2.87. The van der Waals surface area contributed by atoms with Crippen LogP contribution in [0.25, 0.3) is 0 Å². The summed E-state index contributed by atoms with van der Waals surface area (Å²) < 4.78 is 11.4. The zero-order valence-corrected chi connectivity index (χ0v) is 12.4. The molecule has 0 saturated carbocycles. The van der Waals surface area contributed by atoms with Crippen LogP contribution in [-0.2, 0) is 13.0 Å². The highest BCUT2D eigenvalue weighted by Crippen LogP contribution is 2.32. The van der Waals surface area contributed by atoms with E-state index in [9.17, 15) is 0 Å². The number of hydrogen-bond acceptors (Lipinski definition) is 3. The van der Waals surface area contributed by atoms with Crippen LogP contribution in [0.4, 0.5) is 0 Å². The van der Waals surface area contributed by atoms with E-state index in [1.807, 2.05) is 42.6 Å². The Morgan fingerprint density at radius 1 is 1.14 bits per heavy atom. The van der Waals surface area contributed by atoms with E-state index >= 15 is 0 Å². The van der Waals surface area contributed by atoms with Gasteiger partial charge in [-0.15, -0.1) is 0 Å². The highest BCUT2D eigenvalue weighted by Gasteiger charge is 2.16. The Balaban J connectivity index is 1.84. The van der Waals surface area contributed by atoms with Crippen molar-refractivity contribution in [2.75, 3.05) is 7.11 Å². The van der Waals surface area contributed by atoms with Crippen LogP contribution in [0, 0.1) is 0 Å². The predicted molar refractivity (Wildman–Crippen MR) is 84.5 cm³/mol. The smallest absolute Gasteiger partial charge is 0.162 e. The number of methoxy groups -OCH3 is 1. The third kappa shape index (κ3) is 3.07. The Labute approximate surface area is 125 Å². The average molecular weight is 281 g/mol. The topological polar surface area (TPSA) is 30.8 Å². The Morgan fingerprint density at radius 3 is 2.71 bits per heavy atom. The van der Waals surface area contributed by atoms with Crippen LogP contribution in [0.15, 0.2) is 47.5 Å². The van der Waals surface area contributed by atoms with Crippen molar-refractivity contribution in [2.45, 2.75) is 26.0 Å².